The summed E-state index contributed by atoms with van der Waals surface area (Å²) in [4.78, 5) is 39.3. The number of rotatable bonds is 5. The second kappa shape index (κ2) is 8.05. The van der Waals surface area contributed by atoms with Crippen molar-refractivity contribution in [3.8, 4) is 0 Å². The largest absolute Gasteiger partial charge is 0.548 e. The first-order valence-electron chi connectivity index (χ1n) is 8.26. The van der Waals surface area contributed by atoms with E-state index in [1.165, 1.54) is 16.1 Å². The molecule has 0 bridgehead atoms. The van der Waals surface area contributed by atoms with Gasteiger partial charge in [-0.2, -0.15) is 0 Å². The van der Waals surface area contributed by atoms with Crippen LogP contribution in [0.1, 0.15) is 31.4 Å². The Morgan fingerprint density at radius 1 is 1.42 bits per heavy atom. The van der Waals surface area contributed by atoms with E-state index in [1.54, 1.807) is 18.2 Å². The fourth-order valence-corrected chi connectivity index (χ4v) is 4.31. The quantitative estimate of drug-likeness (QED) is 0.544. The molecule has 0 radical (unpaired) electrons. The highest BCUT2D eigenvalue weighted by Gasteiger charge is 2.34. The van der Waals surface area contributed by atoms with Crippen LogP contribution in [0.25, 0.3) is 6.08 Å². The number of hydrogen-bond donors (Lipinski definition) is 0. The van der Waals surface area contributed by atoms with Crippen LogP contribution < -0.4 is 5.11 Å². The summed E-state index contributed by atoms with van der Waals surface area (Å²) in [5.74, 6) is -1.26. The molecule has 7 nitrogen and oxygen atoms in total. The number of thiocarbonyl (C=S) groups is 1. The third kappa shape index (κ3) is 3.99. The SMILES string of the molecule is O=C([O-])[C@@H]1CCCCN1C(=O)CCN1C(=O)/C(=C/c2ccco2)SC1=S. The number of hydrogen-bond acceptors (Lipinski definition) is 7. The molecule has 3 rings (SSSR count). The van der Waals surface area contributed by atoms with E-state index in [4.69, 9.17) is 16.6 Å². The molecule has 3 heterocycles. The fourth-order valence-electron chi connectivity index (χ4n) is 3.02. The first-order valence-corrected chi connectivity index (χ1v) is 9.49. The first-order chi connectivity index (χ1) is 12.5. The van der Waals surface area contributed by atoms with Gasteiger partial charge in [-0.25, -0.2) is 0 Å². The van der Waals surface area contributed by atoms with Gasteiger partial charge in [0.2, 0.25) is 5.91 Å². The lowest BCUT2D eigenvalue weighted by Gasteiger charge is -2.36. The summed E-state index contributed by atoms with van der Waals surface area (Å²) in [5, 5.41) is 11.2. The minimum Gasteiger partial charge on any atom is -0.548 e. The minimum absolute atomic E-state index is 0.0181. The molecule has 2 saturated heterocycles. The fraction of sp³-hybridized carbons (Fsp3) is 0.412. The molecule has 0 spiro atoms. The maximum Gasteiger partial charge on any atom is 0.266 e. The van der Waals surface area contributed by atoms with Crippen LogP contribution in [0.15, 0.2) is 27.7 Å². The van der Waals surface area contributed by atoms with Crippen LogP contribution in [0.3, 0.4) is 0 Å². The molecular weight excluding hydrogens is 376 g/mol. The van der Waals surface area contributed by atoms with Crippen LogP contribution in [0.5, 0.6) is 0 Å². The average Bonchev–Trinajstić information content (AvgIpc) is 3.22. The minimum atomic E-state index is -1.23. The molecule has 0 aromatic carbocycles. The molecule has 2 aliphatic rings. The van der Waals surface area contributed by atoms with Gasteiger partial charge < -0.3 is 19.2 Å². The lowest BCUT2D eigenvalue weighted by atomic mass is 10.0. The number of carboxylic acids is 1. The number of piperidine rings is 1. The Morgan fingerprint density at radius 2 is 2.23 bits per heavy atom. The number of amides is 2. The molecule has 0 N–H and O–H groups in total. The van der Waals surface area contributed by atoms with E-state index in [2.05, 4.69) is 0 Å². The highest BCUT2D eigenvalue weighted by atomic mass is 32.2. The van der Waals surface area contributed by atoms with Crippen molar-refractivity contribution in [3.05, 3.63) is 29.1 Å². The van der Waals surface area contributed by atoms with Crippen LogP contribution in [-0.4, -0.2) is 51.0 Å². The molecule has 138 valence electrons. The Balaban J connectivity index is 1.62. The lowest BCUT2D eigenvalue weighted by molar-refractivity contribution is -0.312. The Morgan fingerprint density at radius 3 is 2.92 bits per heavy atom. The first kappa shape index (κ1) is 18.7. The van der Waals surface area contributed by atoms with Gasteiger partial charge in [-0.05, 0) is 31.4 Å². The highest BCUT2D eigenvalue weighted by molar-refractivity contribution is 8.26. The van der Waals surface area contributed by atoms with E-state index in [1.807, 2.05) is 0 Å². The molecule has 26 heavy (non-hydrogen) atoms. The molecule has 1 atom stereocenters. The second-order valence-electron chi connectivity index (χ2n) is 6.02. The Hall–Kier alpha value is -2.13. The van der Waals surface area contributed by atoms with Crippen LogP contribution in [0, 0.1) is 0 Å². The number of likely N-dealkylation sites (tertiary alicyclic amines) is 1. The van der Waals surface area contributed by atoms with Crippen LogP contribution >= 0.6 is 24.0 Å². The van der Waals surface area contributed by atoms with Gasteiger partial charge in [0.15, 0.2) is 0 Å². The lowest BCUT2D eigenvalue weighted by Crippen LogP contribution is -2.53. The molecular formula is C17H17N2O5S2-. The van der Waals surface area contributed by atoms with Crippen LogP contribution in [0.4, 0.5) is 0 Å². The van der Waals surface area contributed by atoms with E-state index < -0.39 is 12.0 Å². The maximum absolute atomic E-state index is 12.5. The van der Waals surface area contributed by atoms with Crippen molar-refractivity contribution in [2.24, 2.45) is 0 Å². The van der Waals surface area contributed by atoms with Crippen molar-refractivity contribution >= 4 is 52.2 Å². The molecule has 2 aliphatic heterocycles. The summed E-state index contributed by atoms with van der Waals surface area (Å²) in [6.45, 7) is 0.517. The summed E-state index contributed by atoms with van der Waals surface area (Å²) in [6, 6.07) is 2.56. The van der Waals surface area contributed by atoms with E-state index in [-0.39, 0.29) is 24.8 Å². The van der Waals surface area contributed by atoms with Crippen molar-refractivity contribution in [2.45, 2.75) is 31.7 Å². The van der Waals surface area contributed by atoms with Gasteiger partial charge >= 0.3 is 0 Å². The summed E-state index contributed by atoms with van der Waals surface area (Å²) in [5.41, 5.74) is 0. The number of carbonyl (C=O) groups is 3. The number of carboxylic acid groups (broad SMARTS) is 1. The Bertz CT molecular complexity index is 759. The second-order valence-corrected chi connectivity index (χ2v) is 7.69. The van der Waals surface area contributed by atoms with Gasteiger partial charge in [0.25, 0.3) is 5.91 Å². The summed E-state index contributed by atoms with van der Waals surface area (Å²) in [7, 11) is 0. The Labute approximate surface area is 160 Å². The van der Waals surface area contributed by atoms with Crippen molar-refractivity contribution in [2.75, 3.05) is 13.1 Å². The monoisotopic (exact) mass is 393 g/mol. The third-order valence-electron chi connectivity index (χ3n) is 4.33. The van der Waals surface area contributed by atoms with Crippen molar-refractivity contribution in [3.63, 3.8) is 0 Å². The zero-order valence-electron chi connectivity index (χ0n) is 13.9. The Kier molecular flexibility index (Phi) is 5.77. The predicted molar refractivity (Wildman–Crippen MR) is 97.6 cm³/mol. The molecule has 2 fully saturated rings. The summed E-state index contributed by atoms with van der Waals surface area (Å²) < 4.78 is 5.57. The number of carbonyl (C=O) groups excluding carboxylic acids is 3. The van der Waals surface area contributed by atoms with E-state index in [9.17, 15) is 19.5 Å². The van der Waals surface area contributed by atoms with Gasteiger partial charge in [-0.3, -0.25) is 14.5 Å². The molecule has 0 aliphatic carbocycles. The van der Waals surface area contributed by atoms with Crippen molar-refractivity contribution in [1.29, 1.82) is 0 Å². The average molecular weight is 393 g/mol. The molecule has 0 saturated carbocycles. The van der Waals surface area contributed by atoms with Gasteiger partial charge in [0, 0.05) is 25.6 Å². The highest BCUT2D eigenvalue weighted by Crippen LogP contribution is 2.32. The topological polar surface area (TPSA) is 93.9 Å². The molecule has 1 aromatic rings. The predicted octanol–water partition coefficient (Wildman–Crippen LogP) is 1.00. The van der Waals surface area contributed by atoms with Crippen molar-refractivity contribution in [1.82, 2.24) is 9.80 Å². The number of furan rings is 1. The van der Waals surface area contributed by atoms with Crippen LogP contribution in [0.2, 0.25) is 0 Å². The van der Waals surface area contributed by atoms with Crippen molar-refractivity contribution < 1.29 is 23.9 Å². The number of thioether (sulfide) groups is 1. The van der Waals surface area contributed by atoms with E-state index >= 15 is 0 Å². The molecule has 0 unspecified atom stereocenters. The number of nitrogens with zero attached hydrogens (tertiary/aromatic N) is 2. The maximum atomic E-state index is 12.5. The van der Waals surface area contributed by atoms with E-state index in [0.717, 1.165) is 24.6 Å². The zero-order valence-corrected chi connectivity index (χ0v) is 15.5. The van der Waals surface area contributed by atoms with Crippen LogP contribution in [-0.2, 0) is 14.4 Å². The zero-order chi connectivity index (χ0) is 18.7. The summed E-state index contributed by atoms with van der Waals surface area (Å²) in [6.07, 6.45) is 5.07. The summed E-state index contributed by atoms with van der Waals surface area (Å²) >= 11 is 6.38. The molecule has 9 heteroatoms. The third-order valence-corrected chi connectivity index (χ3v) is 5.71. The molecule has 2 amide bonds. The van der Waals surface area contributed by atoms with Gasteiger partial charge in [-0.15, -0.1) is 0 Å². The standard InChI is InChI=1S/C17H18N2O5S2/c20-14(18-7-2-1-5-12(18)16(22)23)6-8-19-15(21)13(26-17(19)25)10-11-4-3-9-24-11/h3-4,9-10,12H,1-2,5-8H2,(H,22,23)/p-1/b13-10-/t12-/m0/s1. The smallest absolute Gasteiger partial charge is 0.266 e. The molecule has 1 aromatic heterocycles. The van der Waals surface area contributed by atoms with Gasteiger partial charge in [0.05, 0.1) is 23.2 Å². The van der Waals surface area contributed by atoms with E-state index in [0.29, 0.717) is 28.0 Å². The van der Waals surface area contributed by atoms with Gasteiger partial charge in [-0.1, -0.05) is 24.0 Å². The van der Waals surface area contributed by atoms with Gasteiger partial charge in [0.1, 0.15) is 10.1 Å². The normalized spacial score (nSPS) is 22.3. The number of aliphatic carboxylic acids is 1.